The monoisotopic (exact) mass is 343 g/mol. The first kappa shape index (κ1) is 14.1. The Morgan fingerprint density at radius 1 is 1.19 bits per heavy atom. The highest BCUT2D eigenvalue weighted by Gasteiger charge is 2.14. The lowest BCUT2D eigenvalue weighted by molar-refractivity contribution is 0.591. The third kappa shape index (κ3) is 2.81. The minimum Gasteiger partial charge on any atom is -0.399 e. The zero-order chi connectivity index (χ0) is 15.0. The summed E-state index contributed by atoms with van der Waals surface area (Å²) in [6.07, 6.45) is 0.787. The average molecular weight is 344 g/mol. The van der Waals surface area contributed by atoms with Crippen LogP contribution in [0.15, 0.2) is 46.9 Å². The summed E-state index contributed by atoms with van der Waals surface area (Å²) in [7, 11) is 0. The summed E-state index contributed by atoms with van der Waals surface area (Å²) < 4.78 is 3.35. The van der Waals surface area contributed by atoms with Crippen LogP contribution < -0.4 is 5.73 Å². The Morgan fingerprint density at radius 2 is 2.00 bits per heavy atom. The molecular formula is C17H18BrN3. The lowest BCUT2D eigenvalue weighted by Gasteiger charge is -2.13. The van der Waals surface area contributed by atoms with Crippen LogP contribution >= 0.6 is 15.9 Å². The fourth-order valence-electron chi connectivity index (χ4n) is 2.71. The van der Waals surface area contributed by atoms with Gasteiger partial charge < -0.3 is 10.3 Å². The lowest BCUT2D eigenvalue weighted by Crippen LogP contribution is -2.07. The van der Waals surface area contributed by atoms with Gasteiger partial charge in [-0.25, -0.2) is 4.98 Å². The summed E-state index contributed by atoms with van der Waals surface area (Å²) in [5.41, 5.74) is 10.1. The standard InChI is InChI=1S/C17H18BrN3/c1-11(2)21-16-7-6-13(18)10-15(16)20-17(21)9-12-4-3-5-14(19)8-12/h3-8,10-11H,9,19H2,1-2H3. The fourth-order valence-corrected chi connectivity index (χ4v) is 3.06. The summed E-state index contributed by atoms with van der Waals surface area (Å²) in [5, 5.41) is 0. The van der Waals surface area contributed by atoms with E-state index in [-0.39, 0.29) is 0 Å². The molecule has 4 heteroatoms. The topological polar surface area (TPSA) is 43.8 Å². The van der Waals surface area contributed by atoms with Gasteiger partial charge in [0.25, 0.3) is 0 Å². The zero-order valence-electron chi connectivity index (χ0n) is 12.2. The lowest BCUT2D eigenvalue weighted by atomic mass is 10.1. The van der Waals surface area contributed by atoms with E-state index < -0.39 is 0 Å². The molecule has 0 amide bonds. The number of hydrogen-bond donors (Lipinski definition) is 1. The molecule has 0 spiro atoms. The predicted molar refractivity (Wildman–Crippen MR) is 91.5 cm³/mol. The van der Waals surface area contributed by atoms with E-state index >= 15 is 0 Å². The van der Waals surface area contributed by atoms with Gasteiger partial charge in [0.15, 0.2) is 0 Å². The molecule has 0 aliphatic rings. The molecule has 21 heavy (non-hydrogen) atoms. The molecule has 3 aromatic rings. The average Bonchev–Trinajstić information content (AvgIpc) is 2.75. The number of aromatic nitrogens is 2. The Morgan fingerprint density at radius 3 is 2.71 bits per heavy atom. The van der Waals surface area contributed by atoms with Crippen molar-refractivity contribution in [1.82, 2.24) is 9.55 Å². The van der Waals surface area contributed by atoms with Crippen LogP contribution in [-0.4, -0.2) is 9.55 Å². The van der Waals surface area contributed by atoms with Crippen LogP contribution in [0, 0.1) is 0 Å². The van der Waals surface area contributed by atoms with Crippen molar-refractivity contribution in [3.05, 3.63) is 58.3 Å². The van der Waals surface area contributed by atoms with Crippen molar-refractivity contribution in [3.8, 4) is 0 Å². The van der Waals surface area contributed by atoms with E-state index in [0.29, 0.717) is 6.04 Å². The van der Waals surface area contributed by atoms with Crippen molar-refractivity contribution in [1.29, 1.82) is 0 Å². The number of fused-ring (bicyclic) bond motifs is 1. The van der Waals surface area contributed by atoms with Crippen LogP contribution in [-0.2, 0) is 6.42 Å². The maximum absolute atomic E-state index is 5.87. The maximum Gasteiger partial charge on any atom is 0.114 e. The van der Waals surface area contributed by atoms with Crippen molar-refractivity contribution in [2.45, 2.75) is 26.3 Å². The van der Waals surface area contributed by atoms with Crippen LogP contribution in [0.2, 0.25) is 0 Å². The van der Waals surface area contributed by atoms with Crippen LogP contribution in [0.4, 0.5) is 5.69 Å². The first-order chi connectivity index (χ1) is 10.0. The van der Waals surface area contributed by atoms with E-state index in [4.69, 9.17) is 10.7 Å². The largest absolute Gasteiger partial charge is 0.399 e. The normalized spacial score (nSPS) is 11.4. The van der Waals surface area contributed by atoms with Crippen molar-refractivity contribution in [2.24, 2.45) is 0 Å². The number of anilines is 1. The Bertz CT molecular complexity index is 790. The van der Waals surface area contributed by atoms with E-state index in [2.05, 4.69) is 58.6 Å². The van der Waals surface area contributed by atoms with E-state index in [1.807, 2.05) is 18.2 Å². The first-order valence-electron chi connectivity index (χ1n) is 7.05. The quantitative estimate of drug-likeness (QED) is 0.708. The second kappa shape index (κ2) is 5.53. The number of nitrogens with two attached hydrogens (primary N) is 1. The van der Waals surface area contributed by atoms with E-state index in [9.17, 15) is 0 Å². The van der Waals surface area contributed by atoms with Crippen molar-refractivity contribution < 1.29 is 0 Å². The summed E-state index contributed by atoms with van der Waals surface area (Å²) in [5.74, 6) is 1.07. The van der Waals surface area contributed by atoms with Gasteiger partial charge in [-0.05, 0) is 49.7 Å². The Balaban J connectivity index is 2.10. The van der Waals surface area contributed by atoms with Crippen LogP contribution in [0.1, 0.15) is 31.3 Å². The van der Waals surface area contributed by atoms with Crippen molar-refractivity contribution >= 4 is 32.7 Å². The number of imidazole rings is 1. The highest BCUT2D eigenvalue weighted by Crippen LogP contribution is 2.25. The molecule has 108 valence electrons. The van der Waals surface area contributed by atoms with Crippen LogP contribution in [0.5, 0.6) is 0 Å². The third-order valence-corrected chi connectivity index (χ3v) is 4.05. The highest BCUT2D eigenvalue weighted by molar-refractivity contribution is 9.10. The molecule has 3 rings (SSSR count). The zero-order valence-corrected chi connectivity index (χ0v) is 13.8. The molecule has 0 fully saturated rings. The van der Waals surface area contributed by atoms with Gasteiger partial charge >= 0.3 is 0 Å². The van der Waals surface area contributed by atoms with Gasteiger partial charge in [-0.15, -0.1) is 0 Å². The summed E-state index contributed by atoms with van der Waals surface area (Å²) >= 11 is 3.51. The minimum atomic E-state index is 0.368. The third-order valence-electron chi connectivity index (χ3n) is 3.55. The van der Waals surface area contributed by atoms with Gasteiger partial charge in [0, 0.05) is 22.6 Å². The maximum atomic E-state index is 5.87. The van der Waals surface area contributed by atoms with Gasteiger partial charge in [0.1, 0.15) is 5.82 Å². The van der Waals surface area contributed by atoms with Gasteiger partial charge in [-0.3, -0.25) is 0 Å². The van der Waals surface area contributed by atoms with Gasteiger partial charge in [0.05, 0.1) is 11.0 Å². The first-order valence-corrected chi connectivity index (χ1v) is 7.84. The molecule has 0 aliphatic heterocycles. The van der Waals surface area contributed by atoms with E-state index in [1.165, 1.54) is 11.1 Å². The predicted octanol–water partition coefficient (Wildman–Crippen LogP) is 4.55. The second-order valence-corrected chi connectivity index (χ2v) is 6.46. The highest BCUT2D eigenvalue weighted by atomic mass is 79.9. The van der Waals surface area contributed by atoms with Crippen molar-refractivity contribution in [2.75, 3.05) is 5.73 Å². The van der Waals surface area contributed by atoms with Crippen molar-refractivity contribution in [3.63, 3.8) is 0 Å². The molecule has 2 N–H and O–H groups in total. The molecule has 3 nitrogen and oxygen atoms in total. The molecule has 0 aliphatic carbocycles. The number of benzene rings is 2. The van der Waals surface area contributed by atoms with Gasteiger partial charge in [0.2, 0.25) is 0 Å². The van der Waals surface area contributed by atoms with E-state index in [1.54, 1.807) is 0 Å². The van der Waals surface area contributed by atoms with Crippen LogP contribution in [0.3, 0.4) is 0 Å². The molecule has 0 atom stereocenters. The molecular weight excluding hydrogens is 326 g/mol. The number of halogens is 1. The minimum absolute atomic E-state index is 0.368. The molecule has 2 aromatic carbocycles. The summed E-state index contributed by atoms with van der Waals surface area (Å²) in [6.45, 7) is 4.37. The summed E-state index contributed by atoms with van der Waals surface area (Å²) in [4.78, 5) is 4.81. The smallest absolute Gasteiger partial charge is 0.114 e. The molecule has 1 aromatic heterocycles. The Kier molecular flexibility index (Phi) is 3.72. The van der Waals surface area contributed by atoms with Gasteiger partial charge in [-0.1, -0.05) is 28.1 Å². The van der Waals surface area contributed by atoms with Crippen LogP contribution in [0.25, 0.3) is 11.0 Å². The molecule has 0 saturated carbocycles. The molecule has 0 radical (unpaired) electrons. The number of hydrogen-bond acceptors (Lipinski definition) is 2. The molecule has 0 saturated heterocycles. The number of nitrogens with zero attached hydrogens (tertiary/aromatic N) is 2. The Hall–Kier alpha value is -1.81. The van der Waals surface area contributed by atoms with Gasteiger partial charge in [-0.2, -0.15) is 0 Å². The summed E-state index contributed by atoms with van der Waals surface area (Å²) in [6, 6.07) is 14.6. The molecule has 0 unspecified atom stereocenters. The molecule has 0 bridgehead atoms. The molecule has 1 heterocycles. The van der Waals surface area contributed by atoms with E-state index in [0.717, 1.165) is 27.9 Å². The number of nitrogen functional groups attached to an aromatic ring is 1. The fraction of sp³-hybridized carbons (Fsp3) is 0.235. The second-order valence-electron chi connectivity index (χ2n) is 5.55. The Labute approximate surface area is 132 Å². The number of rotatable bonds is 3. The SMILES string of the molecule is CC(C)n1c(Cc2cccc(N)c2)nc2cc(Br)ccc21.